The number of fused-ring (bicyclic) bond motifs is 1. The van der Waals surface area contributed by atoms with Crippen LogP contribution in [-0.4, -0.2) is 25.6 Å². The number of hydrogen-bond acceptors (Lipinski definition) is 4. The van der Waals surface area contributed by atoms with Crippen LogP contribution in [0.25, 0.3) is 5.78 Å². The van der Waals surface area contributed by atoms with Gasteiger partial charge >= 0.3 is 6.03 Å². The highest BCUT2D eigenvalue weighted by atomic mass is 35.5. The molecule has 2 amide bonds. The van der Waals surface area contributed by atoms with E-state index in [4.69, 9.17) is 11.6 Å². The molecule has 0 saturated heterocycles. The zero-order valence-corrected chi connectivity index (χ0v) is 14.0. The number of carbonyl (C=O) groups excluding carboxylic acids is 1. The Bertz CT molecular complexity index is 1010. The normalized spacial score (nSPS) is 10.8. The molecule has 9 heteroatoms. The van der Waals surface area contributed by atoms with Crippen molar-refractivity contribution in [2.45, 2.75) is 20.8 Å². The minimum atomic E-state index is -0.557. The van der Waals surface area contributed by atoms with Gasteiger partial charge in [-0.15, -0.1) is 0 Å². The van der Waals surface area contributed by atoms with Crippen LogP contribution in [0.5, 0.6) is 0 Å². The Labute approximate surface area is 141 Å². The minimum Gasteiger partial charge on any atom is -0.307 e. The van der Waals surface area contributed by atoms with E-state index in [9.17, 15) is 9.59 Å². The molecule has 0 aliphatic carbocycles. The van der Waals surface area contributed by atoms with Gasteiger partial charge in [0.15, 0.2) is 0 Å². The number of carbonyl (C=O) groups is 1. The molecule has 8 nitrogen and oxygen atoms in total. The van der Waals surface area contributed by atoms with E-state index in [1.807, 2.05) is 6.92 Å². The van der Waals surface area contributed by atoms with Crippen molar-refractivity contribution < 1.29 is 4.79 Å². The summed E-state index contributed by atoms with van der Waals surface area (Å²) < 4.78 is 1.18. The lowest BCUT2D eigenvalue weighted by Gasteiger charge is -2.11. The Morgan fingerprint density at radius 2 is 1.96 bits per heavy atom. The van der Waals surface area contributed by atoms with Crippen LogP contribution in [0.2, 0.25) is 5.02 Å². The van der Waals surface area contributed by atoms with E-state index in [0.717, 1.165) is 5.56 Å². The van der Waals surface area contributed by atoms with Gasteiger partial charge in [0.2, 0.25) is 0 Å². The highest BCUT2D eigenvalue weighted by molar-refractivity contribution is 6.31. The monoisotopic (exact) mass is 346 g/mol. The molecule has 0 spiro atoms. The number of halogens is 1. The standard InChI is InChI=1S/C15H15ClN6O2/c1-7-4-5-10(16)6-11(7)19-15(24)20-12-8(2)17-14-18-9(3)21-22(14)13(12)23/h4-6H,1-3H3,(H,17,18,21)(H2,19,20,24). The number of nitrogens with one attached hydrogen (secondary N) is 3. The molecule has 0 unspecified atom stereocenters. The second-order valence-corrected chi connectivity index (χ2v) is 5.80. The molecule has 3 aromatic rings. The Kier molecular flexibility index (Phi) is 3.98. The summed E-state index contributed by atoms with van der Waals surface area (Å²) in [6, 6.07) is 4.60. The molecule has 2 aromatic heterocycles. The van der Waals surface area contributed by atoms with E-state index < -0.39 is 11.6 Å². The van der Waals surface area contributed by atoms with E-state index in [0.29, 0.717) is 22.2 Å². The van der Waals surface area contributed by atoms with Gasteiger partial charge in [0.05, 0.1) is 5.69 Å². The lowest BCUT2D eigenvalue weighted by atomic mass is 10.2. The van der Waals surface area contributed by atoms with E-state index in [-0.39, 0.29) is 11.5 Å². The topological polar surface area (TPSA) is 104 Å². The number of benzene rings is 1. The lowest BCUT2D eigenvalue weighted by molar-refractivity contribution is 0.262. The van der Waals surface area contributed by atoms with Crippen molar-refractivity contribution in [3.05, 3.63) is 50.7 Å². The van der Waals surface area contributed by atoms with Gasteiger partial charge in [0, 0.05) is 10.7 Å². The van der Waals surface area contributed by atoms with E-state index >= 15 is 0 Å². The fourth-order valence-electron chi connectivity index (χ4n) is 2.27. The number of anilines is 2. The Morgan fingerprint density at radius 1 is 1.21 bits per heavy atom. The molecular weight excluding hydrogens is 332 g/mol. The van der Waals surface area contributed by atoms with Crippen molar-refractivity contribution in [3.63, 3.8) is 0 Å². The fourth-order valence-corrected chi connectivity index (χ4v) is 2.44. The molecule has 0 aliphatic rings. The quantitative estimate of drug-likeness (QED) is 0.663. The predicted octanol–water partition coefficient (Wildman–Crippen LogP) is 2.64. The van der Waals surface area contributed by atoms with Crippen LogP contribution in [-0.2, 0) is 0 Å². The highest BCUT2D eigenvalue weighted by Crippen LogP contribution is 2.20. The van der Waals surface area contributed by atoms with Crippen molar-refractivity contribution in [2.24, 2.45) is 0 Å². The van der Waals surface area contributed by atoms with E-state index in [2.05, 4.69) is 25.7 Å². The zero-order valence-electron chi connectivity index (χ0n) is 13.3. The van der Waals surface area contributed by atoms with Gasteiger partial charge in [-0.2, -0.15) is 9.50 Å². The summed E-state index contributed by atoms with van der Waals surface area (Å²) in [7, 11) is 0. The van der Waals surface area contributed by atoms with Crippen LogP contribution in [0.1, 0.15) is 17.1 Å². The molecule has 124 valence electrons. The third-order valence-electron chi connectivity index (χ3n) is 3.47. The Balaban J connectivity index is 1.90. The molecule has 0 saturated carbocycles. The maximum atomic E-state index is 12.5. The van der Waals surface area contributed by atoms with Gasteiger partial charge in [0.1, 0.15) is 11.5 Å². The maximum absolute atomic E-state index is 12.5. The zero-order chi connectivity index (χ0) is 17.4. The molecule has 3 rings (SSSR count). The van der Waals surface area contributed by atoms with Gasteiger partial charge in [-0.1, -0.05) is 17.7 Å². The molecule has 2 heterocycles. The molecule has 0 radical (unpaired) electrons. The van der Waals surface area contributed by atoms with E-state index in [1.54, 1.807) is 32.0 Å². The summed E-state index contributed by atoms with van der Waals surface area (Å²) in [5, 5.41) is 8.49. The first-order valence-electron chi connectivity index (χ1n) is 7.15. The number of amides is 2. The molecule has 0 aliphatic heterocycles. The first-order chi connectivity index (χ1) is 11.3. The third kappa shape index (κ3) is 2.95. The molecule has 1 aromatic carbocycles. The summed E-state index contributed by atoms with van der Waals surface area (Å²) in [5.74, 6) is 0.807. The number of aryl methyl sites for hydroxylation is 3. The van der Waals surface area contributed by atoms with Crippen LogP contribution in [0.4, 0.5) is 16.2 Å². The molecule has 24 heavy (non-hydrogen) atoms. The summed E-state index contributed by atoms with van der Waals surface area (Å²) >= 11 is 5.93. The SMILES string of the molecule is Cc1nc2nc(C)c(NC(=O)Nc3cc(Cl)ccc3C)c(=O)n2[nH]1. The summed E-state index contributed by atoms with van der Waals surface area (Å²) in [5.41, 5.74) is 1.43. The van der Waals surface area contributed by atoms with Crippen molar-refractivity contribution in [2.75, 3.05) is 10.6 Å². The summed E-state index contributed by atoms with van der Waals surface area (Å²) in [6.07, 6.45) is 0. The molecule has 0 fully saturated rings. The summed E-state index contributed by atoms with van der Waals surface area (Å²) in [6.45, 7) is 5.18. The molecular formula is C15H15ClN6O2. The molecule has 0 bridgehead atoms. The first kappa shape index (κ1) is 16.0. The first-order valence-corrected chi connectivity index (χ1v) is 7.53. The number of aromatic nitrogens is 4. The second kappa shape index (κ2) is 5.97. The maximum Gasteiger partial charge on any atom is 0.323 e. The van der Waals surface area contributed by atoms with E-state index in [1.165, 1.54) is 4.52 Å². The number of hydrogen-bond donors (Lipinski definition) is 3. The van der Waals surface area contributed by atoms with Crippen LogP contribution in [0, 0.1) is 20.8 Å². The Morgan fingerprint density at radius 3 is 2.71 bits per heavy atom. The number of H-pyrrole nitrogens is 1. The third-order valence-corrected chi connectivity index (χ3v) is 3.71. The smallest absolute Gasteiger partial charge is 0.307 e. The molecule has 0 atom stereocenters. The lowest BCUT2D eigenvalue weighted by Crippen LogP contribution is -2.28. The second-order valence-electron chi connectivity index (χ2n) is 5.36. The largest absolute Gasteiger partial charge is 0.323 e. The number of rotatable bonds is 2. The van der Waals surface area contributed by atoms with Gasteiger partial charge in [-0.25, -0.2) is 9.78 Å². The van der Waals surface area contributed by atoms with Crippen molar-refractivity contribution in [3.8, 4) is 0 Å². The predicted molar refractivity (Wildman–Crippen MR) is 91.9 cm³/mol. The van der Waals surface area contributed by atoms with Gasteiger partial charge in [-0.05, 0) is 38.5 Å². The van der Waals surface area contributed by atoms with Crippen molar-refractivity contribution in [1.82, 2.24) is 19.6 Å². The van der Waals surface area contributed by atoms with Crippen molar-refractivity contribution >= 4 is 34.8 Å². The Hall–Kier alpha value is -2.87. The average Bonchev–Trinajstić information content (AvgIpc) is 2.88. The molecule has 3 N–H and O–H groups in total. The van der Waals surface area contributed by atoms with Crippen LogP contribution in [0.3, 0.4) is 0 Å². The average molecular weight is 347 g/mol. The van der Waals surface area contributed by atoms with Crippen LogP contribution >= 0.6 is 11.6 Å². The van der Waals surface area contributed by atoms with Gasteiger partial charge < -0.3 is 10.6 Å². The van der Waals surface area contributed by atoms with Crippen molar-refractivity contribution in [1.29, 1.82) is 0 Å². The minimum absolute atomic E-state index is 0.0772. The number of urea groups is 1. The van der Waals surface area contributed by atoms with Crippen LogP contribution < -0.4 is 16.2 Å². The number of aromatic amines is 1. The highest BCUT2D eigenvalue weighted by Gasteiger charge is 2.15. The fraction of sp³-hybridized carbons (Fsp3) is 0.200. The summed E-state index contributed by atoms with van der Waals surface area (Å²) in [4.78, 5) is 33.0. The van der Waals surface area contributed by atoms with Crippen LogP contribution in [0.15, 0.2) is 23.0 Å². The van der Waals surface area contributed by atoms with Gasteiger partial charge in [0.25, 0.3) is 11.3 Å². The number of nitrogens with zero attached hydrogens (tertiary/aromatic N) is 3. The van der Waals surface area contributed by atoms with Gasteiger partial charge in [-0.3, -0.25) is 9.89 Å².